The Morgan fingerprint density at radius 2 is 1.96 bits per heavy atom. The van der Waals surface area contributed by atoms with Crippen molar-refractivity contribution in [1.29, 1.82) is 0 Å². The SMILES string of the molecule is CCc1nc(-c2ccc(S(N)(=O)=O)cc2)n(C2CCS(=O)(=O)C2)n1. The Bertz CT molecular complexity index is 963. The molecule has 1 saturated heterocycles. The van der Waals surface area contributed by atoms with Crippen LogP contribution in [0.3, 0.4) is 0 Å². The maximum absolute atomic E-state index is 11.8. The summed E-state index contributed by atoms with van der Waals surface area (Å²) < 4.78 is 47.9. The Balaban J connectivity index is 2.03. The van der Waals surface area contributed by atoms with E-state index in [0.29, 0.717) is 30.1 Å². The van der Waals surface area contributed by atoms with E-state index in [2.05, 4.69) is 10.1 Å². The van der Waals surface area contributed by atoms with Gasteiger partial charge in [0, 0.05) is 12.0 Å². The molecule has 1 aliphatic rings. The van der Waals surface area contributed by atoms with Crippen LogP contribution in [0.15, 0.2) is 29.2 Å². The highest BCUT2D eigenvalue weighted by atomic mass is 32.2. The number of hydrogen-bond acceptors (Lipinski definition) is 6. The molecule has 24 heavy (non-hydrogen) atoms. The molecule has 0 bridgehead atoms. The number of nitrogens with zero attached hydrogens (tertiary/aromatic N) is 3. The summed E-state index contributed by atoms with van der Waals surface area (Å²) in [6.07, 6.45) is 1.12. The molecule has 1 aromatic carbocycles. The zero-order chi connectivity index (χ0) is 17.5. The Hall–Kier alpha value is -1.78. The molecule has 10 heteroatoms. The molecule has 1 aliphatic heterocycles. The Labute approximate surface area is 140 Å². The van der Waals surface area contributed by atoms with Crippen molar-refractivity contribution in [3.05, 3.63) is 30.1 Å². The Morgan fingerprint density at radius 3 is 2.46 bits per heavy atom. The van der Waals surface area contributed by atoms with Crippen LogP contribution in [0, 0.1) is 0 Å². The molecule has 3 rings (SSSR count). The molecule has 1 unspecified atom stereocenters. The summed E-state index contributed by atoms with van der Waals surface area (Å²) in [4.78, 5) is 4.47. The molecular formula is C14H18N4O4S2. The fourth-order valence-electron chi connectivity index (χ4n) is 2.73. The van der Waals surface area contributed by atoms with E-state index in [1.54, 1.807) is 16.8 Å². The van der Waals surface area contributed by atoms with Crippen molar-refractivity contribution < 1.29 is 16.8 Å². The molecule has 2 heterocycles. The molecule has 130 valence electrons. The van der Waals surface area contributed by atoms with Gasteiger partial charge in [-0.3, -0.25) is 0 Å². The van der Waals surface area contributed by atoms with Crippen molar-refractivity contribution in [1.82, 2.24) is 14.8 Å². The number of rotatable bonds is 4. The second-order valence-electron chi connectivity index (χ2n) is 5.78. The number of primary sulfonamides is 1. The van der Waals surface area contributed by atoms with E-state index in [-0.39, 0.29) is 22.4 Å². The van der Waals surface area contributed by atoms with Crippen LogP contribution in [-0.4, -0.2) is 43.1 Å². The van der Waals surface area contributed by atoms with Crippen molar-refractivity contribution in [3.63, 3.8) is 0 Å². The van der Waals surface area contributed by atoms with Gasteiger partial charge in [0.1, 0.15) is 0 Å². The van der Waals surface area contributed by atoms with Gasteiger partial charge in [0.2, 0.25) is 10.0 Å². The molecule has 1 aromatic heterocycles. The molecule has 0 spiro atoms. The third kappa shape index (κ3) is 3.35. The number of aryl methyl sites for hydroxylation is 1. The fraction of sp³-hybridized carbons (Fsp3) is 0.429. The zero-order valence-electron chi connectivity index (χ0n) is 13.1. The zero-order valence-corrected chi connectivity index (χ0v) is 14.7. The number of sulfonamides is 1. The van der Waals surface area contributed by atoms with Crippen molar-refractivity contribution in [2.75, 3.05) is 11.5 Å². The van der Waals surface area contributed by atoms with Crippen molar-refractivity contribution in [2.24, 2.45) is 5.14 Å². The average molecular weight is 370 g/mol. The lowest BCUT2D eigenvalue weighted by molar-refractivity contribution is 0.500. The minimum absolute atomic E-state index is 0.0106. The van der Waals surface area contributed by atoms with Crippen LogP contribution < -0.4 is 5.14 Å². The molecule has 1 fully saturated rings. The standard InChI is InChI=1S/C14H18N4O4S2/c1-2-13-16-14(10-3-5-12(6-4-10)24(15,21)22)18(17-13)11-7-8-23(19,20)9-11/h3-6,11H,2,7-9H2,1H3,(H2,15,21,22). The van der Waals surface area contributed by atoms with Crippen LogP contribution in [0.5, 0.6) is 0 Å². The highest BCUT2D eigenvalue weighted by molar-refractivity contribution is 7.91. The number of hydrogen-bond donors (Lipinski definition) is 1. The van der Waals surface area contributed by atoms with Crippen LogP contribution in [-0.2, 0) is 26.3 Å². The largest absolute Gasteiger partial charge is 0.241 e. The maximum atomic E-state index is 11.8. The lowest BCUT2D eigenvalue weighted by atomic mass is 10.2. The summed E-state index contributed by atoms with van der Waals surface area (Å²) in [6, 6.07) is 5.75. The van der Waals surface area contributed by atoms with Gasteiger partial charge in [0.15, 0.2) is 21.5 Å². The van der Waals surface area contributed by atoms with Gasteiger partial charge in [-0.2, -0.15) is 5.10 Å². The highest BCUT2D eigenvalue weighted by Crippen LogP contribution is 2.28. The predicted molar refractivity (Wildman–Crippen MR) is 88.5 cm³/mol. The van der Waals surface area contributed by atoms with Gasteiger partial charge in [-0.25, -0.2) is 31.6 Å². The normalized spacial score (nSPS) is 20.3. The van der Waals surface area contributed by atoms with E-state index >= 15 is 0 Å². The Morgan fingerprint density at radius 1 is 1.29 bits per heavy atom. The van der Waals surface area contributed by atoms with Crippen molar-refractivity contribution in [2.45, 2.75) is 30.7 Å². The lowest BCUT2D eigenvalue weighted by Gasteiger charge is -2.12. The van der Waals surface area contributed by atoms with Gasteiger partial charge in [-0.15, -0.1) is 0 Å². The van der Waals surface area contributed by atoms with E-state index in [9.17, 15) is 16.8 Å². The molecule has 1 atom stereocenters. The van der Waals surface area contributed by atoms with E-state index in [1.165, 1.54) is 12.1 Å². The first-order valence-corrected chi connectivity index (χ1v) is 10.9. The van der Waals surface area contributed by atoms with Crippen LogP contribution in [0.2, 0.25) is 0 Å². The molecule has 0 aliphatic carbocycles. The van der Waals surface area contributed by atoms with Crippen molar-refractivity contribution >= 4 is 19.9 Å². The first-order valence-electron chi connectivity index (χ1n) is 7.48. The first kappa shape index (κ1) is 17.1. The van der Waals surface area contributed by atoms with Crippen LogP contribution in [0.25, 0.3) is 11.4 Å². The summed E-state index contributed by atoms with van der Waals surface area (Å²) in [7, 11) is -6.82. The monoisotopic (exact) mass is 370 g/mol. The van der Waals surface area contributed by atoms with Gasteiger partial charge in [0.05, 0.1) is 22.4 Å². The third-order valence-electron chi connectivity index (χ3n) is 3.99. The van der Waals surface area contributed by atoms with Gasteiger partial charge in [0.25, 0.3) is 0 Å². The number of benzene rings is 1. The second kappa shape index (κ2) is 5.94. The van der Waals surface area contributed by atoms with Gasteiger partial charge in [-0.1, -0.05) is 6.92 Å². The predicted octanol–water partition coefficient (Wildman–Crippen LogP) is 0.514. The maximum Gasteiger partial charge on any atom is 0.238 e. The average Bonchev–Trinajstić information content (AvgIpc) is 3.09. The first-order chi connectivity index (χ1) is 11.2. The van der Waals surface area contributed by atoms with Crippen LogP contribution >= 0.6 is 0 Å². The molecule has 0 radical (unpaired) electrons. The lowest BCUT2D eigenvalue weighted by Crippen LogP contribution is -2.14. The quantitative estimate of drug-likeness (QED) is 0.836. The molecule has 2 aromatic rings. The summed E-state index contributed by atoms with van der Waals surface area (Å²) in [5.41, 5.74) is 0.666. The minimum Gasteiger partial charge on any atom is -0.241 e. The van der Waals surface area contributed by atoms with Gasteiger partial charge in [-0.05, 0) is 30.7 Å². The van der Waals surface area contributed by atoms with Crippen LogP contribution in [0.4, 0.5) is 0 Å². The van der Waals surface area contributed by atoms with Gasteiger partial charge < -0.3 is 0 Å². The fourth-order valence-corrected chi connectivity index (χ4v) is 4.94. The number of nitrogens with two attached hydrogens (primary N) is 1. The van der Waals surface area contributed by atoms with E-state index < -0.39 is 19.9 Å². The van der Waals surface area contributed by atoms with Crippen molar-refractivity contribution in [3.8, 4) is 11.4 Å². The third-order valence-corrected chi connectivity index (χ3v) is 6.67. The summed E-state index contributed by atoms with van der Waals surface area (Å²) in [5.74, 6) is 1.34. The summed E-state index contributed by atoms with van der Waals surface area (Å²) in [6.45, 7) is 1.92. The number of sulfone groups is 1. The summed E-state index contributed by atoms with van der Waals surface area (Å²) >= 11 is 0. The van der Waals surface area contributed by atoms with E-state index in [4.69, 9.17) is 5.14 Å². The van der Waals surface area contributed by atoms with Gasteiger partial charge >= 0.3 is 0 Å². The molecule has 0 amide bonds. The molecule has 0 saturated carbocycles. The smallest absolute Gasteiger partial charge is 0.238 e. The minimum atomic E-state index is -3.76. The van der Waals surface area contributed by atoms with Crippen LogP contribution in [0.1, 0.15) is 25.2 Å². The highest BCUT2D eigenvalue weighted by Gasteiger charge is 2.32. The topological polar surface area (TPSA) is 125 Å². The summed E-state index contributed by atoms with van der Waals surface area (Å²) in [5, 5.41) is 9.52. The molecular weight excluding hydrogens is 352 g/mol. The molecule has 8 nitrogen and oxygen atoms in total. The van der Waals surface area contributed by atoms with E-state index in [1.807, 2.05) is 6.92 Å². The molecule has 2 N–H and O–H groups in total. The van der Waals surface area contributed by atoms with E-state index in [0.717, 1.165) is 0 Å². The Kier molecular flexibility index (Phi) is 4.22. The number of aromatic nitrogens is 3. The second-order valence-corrected chi connectivity index (χ2v) is 9.57.